The summed E-state index contributed by atoms with van der Waals surface area (Å²) < 4.78 is 17.0. The first-order chi connectivity index (χ1) is 19.0. The number of methoxy groups -OCH3 is 1. The minimum Gasteiger partial charge on any atom is -0.507 e. The molecule has 7 nitrogen and oxygen atoms in total. The first-order valence-corrected chi connectivity index (χ1v) is 13.4. The van der Waals surface area contributed by atoms with Gasteiger partial charge in [-0.2, -0.15) is 0 Å². The van der Waals surface area contributed by atoms with Gasteiger partial charge in [-0.05, 0) is 66.9 Å². The van der Waals surface area contributed by atoms with Crippen LogP contribution in [-0.4, -0.2) is 37.1 Å². The van der Waals surface area contributed by atoms with Crippen molar-refractivity contribution in [3.05, 3.63) is 89.5 Å². The predicted octanol–water partition coefficient (Wildman–Crippen LogP) is 6.68. The largest absolute Gasteiger partial charge is 0.507 e. The van der Waals surface area contributed by atoms with E-state index in [1.807, 2.05) is 19.1 Å². The van der Waals surface area contributed by atoms with Crippen LogP contribution in [0.5, 0.6) is 17.2 Å². The van der Waals surface area contributed by atoms with Crippen LogP contribution in [-0.2, 0) is 9.59 Å². The lowest BCUT2D eigenvalue weighted by Gasteiger charge is -2.26. The number of hydrogen-bond donors (Lipinski definition) is 1. The zero-order valence-electron chi connectivity index (χ0n) is 22.7. The Morgan fingerprint density at radius 3 is 2.26 bits per heavy atom. The van der Waals surface area contributed by atoms with Crippen LogP contribution in [0.1, 0.15) is 56.7 Å². The summed E-state index contributed by atoms with van der Waals surface area (Å²) in [5.41, 5.74) is 1.55. The van der Waals surface area contributed by atoms with E-state index in [-0.39, 0.29) is 11.3 Å². The van der Waals surface area contributed by atoms with Crippen LogP contribution in [0.25, 0.3) is 5.76 Å². The second-order valence-electron chi connectivity index (χ2n) is 9.37. The number of amides is 1. The van der Waals surface area contributed by atoms with Crippen molar-refractivity contribution in [3.8, 4) is 17.2 Å². The molecule has 0 saturated carbocycles. The first kappa shape index (κ1) is 27.8. The summed E-state index contributed by atoms with van der Waals surface area (Å²) in [4.78, 5) is 28.4. The fraction of sp³-hybridized carbons (Fsp3) is 0.312. The van der Waals surface area contributed by atoms with Gasteiger partial charge >= 0.3 is 0 Å². The molecule has 1 N–H and O–H groups in total. The summed E-state index contributed by atoms with van der Waals surface area (Å²) in [5.74, 6) is 0.0989. The Labute approximate surface area is 229 Å². The number of rotatable bonds is 12. The molecule has 0 aromatic heterocycles. The van der Waals surface area contributed by atoms with E-state index >= 15 is 0 Å². The third kappa shape index (κ3) is 6.25. The molecule has 0 radical (unpaired) electrons. The van der Waals surface area contributed by atoms with E-state index in [9.17, 15) is 14.7 Å². The van der Waals surface area contributed by atoms with Crippen LogP contribution in [0, 0.1) is 0 Å². The molecule has 1 amide bonds. The van der Waals surface area contributed by atoms with Crippen molar-refractivity contribution < 1.29 is 28.9 Å². The smallest absolute Gasteiger partial charge is 0.300 e. The molecule has 3 aromatic carbocycles. The van der Waals surface area contributed by atoms with Gasteiger partial charge in [0.05, 0.1) is 31.9 Å². The number of aliphatic hydroxyl groups excluding tert-OH is 1. The van der Waals surface area contributed by atoms with Crippen molar-refractivity contribution >= 4 is 23.1 Å². The van der Waals surface area contributed by atoms with Crippen LogP contribution in [0.2, 0.25) is 0 Å². The first-order valence-electron chi connectivity index (χ1n) is 13.4. The zero-order valence-corrected chi connectivity index (χ0v) is 22.7. The molecular weight excluding hydrogens is 494 g/mol. The maximum atomic E-state index is 13.5. The van der Waals surface area contributed by atoms with Gasteiger partial charge in [0.25, 0.3) is 11.7 Å². The lowest BCUT2D eigenvalue weighted by Crippen LogP contribution is -2.29. The van der Waals surface area contributed by atoms with Crippen LogP contribution in [0.4, 0.5) is 5.69 Å². The minimum absolute atomic E-state index is 0.00440. The van der Waals surface area contributed by atoms with Gasteiger partial charge in [-0.25, -0.2) is 0 Å². The number of nitrogens with zero attached hydrogens (tertiary/aromatic N) is 1. The number of benzene rings is 3. The summed E-state index contributed by atoms with van der Waals surface area (Å²) in [7, 11) is 1.55. The van der Waals surface area contributed by atoms with Crippen LogP contribution < -0.4 is 19.1 Å². The quantitative estimate of drug-likeness (QED) is 0.122. The van der Waals surface area contributed by atoms with Crippen molar-refractivity contribution in [2.75, 3.05) is 25.2 Å². The van der Waals surface area contributed by atoms with Gasteiger partial charge in [0.1, 0.15) is 23.0 Å². The maximum absolute atomic E-state index is 13.5. The highest BCUT2D eigenvalue weighted by molar-refractivity contribution is 6.51. The van der Waals surface area contributed by atoms with Crippen molar-refractivity contribution in [2.45, 2.75) is 45.6 Å². The Balaban J connectivity index is 1.77. The van der Waals surface area contributed by atoms with Crippen LogP contribution in [0.3, 0.4) is 0 Å². The average Bonchev–Trinajstić information content (AvgIpc) is 3.24. The third-order valence-corrected chi connectivity index (χ3v) is 6.57. The molecule has 0 aliphatic carbocycles. The molecule has 1 unspecified atom stereocenters. The molecule has 1 atom stereocenters. The number of carbonyl (C=O) groups excluding carboxylic acids is 2. The highest BCUT2D eigenvalue weighted by atomic mass is 16.5. The molecule has 1 fully saturated rings. The second-order valence-corrected chi connectivity index (χ2v) is 9.37. The molecule has 1 aliphatic heterocycles. The Bertz CT molecular complexity index is 1330. The standard InChI is InChI=1S/C32H35NO6/c1-4-6-7-19-39-25-16-14-22(15-17-25)30(34)28-29(23-10-8-12-26(20-23)37-3)33(32(36)31(28)35)24-11-9-13-27(21-24)38-18-5-2/h8-17,20-21,29,34H,4-7,18-19H2,1-3H3/b30-28+. The van der Waals surface area contributed by atoms with Gasteiger partial charge in [-0.15, -0.1) is 0 Å². The molecule has 4 rings (SSSR count). The van der Waals surface area contributed by atoms with Crippen molar-refractivity contribution in [1.82, 2.24) is 0 Å². The number of ether oxygens (including phenoxy) is 3. The number of ketones is 1. The molecule has 0 bridgehead atoms. The molecule has 204 valence electrons. The van der Waals surface area contributed by atoms with E-state index < -0.39 is 17.7 Å². The topological polar surface area (TPSA) is 85.3 Å². The van der Waals surface area contributed by atoms with Gasteiger partial charge in [-0.1, -0.05) is 44.9 Å². The predicted molar refractivity (Wildman–Crippen MR) is 151 cm³/mol. The Kier molecular flexibility index (Phi) is 9.26. The van der Waals surface area contributed by atoms with E-state index in [1.54, 1.807) is 67.8 Å². The van der Waals surface area contributed by atoms with Crippen LogP contribution in [0.15, 0.2) is 78.4 Å². The lowest BCUT2D eigenvalue weighted by atomic mass is 9.95. The number of anilines is 1. The fourth-order valence-corrected chi connectivity index (χ4v) is 4.58. The Hall–Kier alpha value is -4.26. The Morgan fingerprint density at radius 1 is 0.821 bits per heavy atom. The molecular formula is C32H35NO6. The summed E-state index contributed by atoms with van der Waals surface area (Å²) in [6.45, 7) is 5.29. The van der Waals surface area contributed by atoms with Crippen molar-refractivity contribution in [1.29, 1.82) is 0 Å². The van der Waals surface area contributed by atoms with E-state index in [2.05, 4.69) is 6.92 Å². The van der Waals surface area contributed by atoms with E-state index in [0.717, 1.165) is 25.7 Å². The Morgan fingerprint density at radius 2 is 1.54 bits per heavy atom. The SMILES string of the molecule is CCCCCOc1ccc(/C(O)=C2\C(=O)C(=O)N(c3cccc(OCCC)c3)C2c2cccc(OC)c2)cc1. The average molecular weight is 530 g/mol. The minimum atomic E-state index is -0.869. The summed E-state index contributed by atoms with van der Waals surface area (Å²) in [6, 6.07) is 20.3. The molecule has 1 aliphatic rings. The monoisotopic (exact) mass is 529 g/mol. The molecule has 7 heteroatoms. The van der Waals surface area contributed by atoms with E-state index in [1.165, 1.54) is 4.90 Å². The highest BCUT2D eigenvalue weighted by Crippen LogP contribution is 2.43. The van der Waals surface area contributed by atoms with Gasteiger partial charge in [0.2, 0.25) is 0 Å². The number of unbranched alkanes of at least 4 members (excludes halogenated alkanes) is 2. The van der Waals surface area contributed by atoms with Crippen molar-refractivity contribution in [3.63, 3.8) is 0 Å². The van der Waals surface area contributed by atoms with E-state index in [4.69, 9.17) is 14.2 Å². The lowest BCUT2D eigenvalue weighted by molar-refractivity contribution is -0.132. The highest BCUT2D eigenvalue weighted by Gasteiger charge is 2.47. The fourth-order valence-electron chi connectivity index (χ4n) is 4.58. The van der Waals surface area contributed by atoms with Crippen molar-refractivity contribution in [2.24, 2.45) is 0 Å². The molecule has 3 aromatic rings. The zero-order chi connectivity index (χ0) is 27.8. The van der Waals surface area contributed by atoms with Gasteiger partial charge in [0, 0.05) is 17.3 Å². The number of carbonyl (C=O) groups is 2. The van der Waals surface area contributed by atoms with Gasteiger partial charge < -0.3 is 19.3 Å². The number of aliphatic hydroxyl groups is 1. The van der Waals surface area contributed by atoms with Crippen LogP contribution >= 0.6 is 0 Å². The maximum Gasteiger partial charge on any atom is 0.300 e. The molecule has 39 heavy (non-hydrogen) atoms. The molecule has 0 spiro atoms. The molecule has 1 saturated heterocycles. The number of Topliss-reactive ketones (excluding diaryl/α,β-unsaturated/α-hetero) is 1. The second kappa shape index (κ2) is 13.0. The summed E-state index contributed by atoms with van der Waals surface area (Å²) in [5, 5.41) is 11.4. The normalized spacial score (nSPS) is 16.4. The summed E-state index contributed by atoms with van der Waals surface area (Å²) >= 11 is 0. The third-order valence-electron chi connectivity index (χ3n) is 6.57. The molecule has 1 heterocycles. The van der Waals surface area contributed by atoms with Gasteiger partial charge in [-0.3, -0.25) is 14.5 Å². The summed E-state index contributed by atoms with van der Waals surface area (Å²) in [6.07, 6.45) is 4.00. The van der Waals surface area contributed by atoms with Gasteiger partial charge in [0.15, 0.2) is 0 Å². The van der Waals surface area contributed by atoms with E-state index in [0.29, 0.717) is 47.3 Å². The number of hydrogen-bond acceptors (Lipinski definition) is 6.